The fraction of sp³-hybridized carbons (Fsp3) is 0.273. The minimum Gasteiger partial charge on any atom is -0.304 e. The van der Waals surface area contributed by atoms with E-state index in [1.807, 2.05) is 13.1 Å². The van der Waals surface area contributed by atoms with Crippen molar-refractivity contribution in [3.63, 3.8) is 0 Å². The molecule has 0 bridgehead atoms. The van der Waals surface area contributed by atoms with Crippen LogP contribution in [0.4, 0.5) is 4.39 Å². The molecule has 1 N–H and O–H groups in total. The molecule has 5 heteroatoms. The number of hydrogen-bond acceptors (Lipinski definition) is 4. The van der Waals surface area contributed by atoms with E-state index in [2.05, 4.69) is 15.3 Å². The third-order valence-corrected chi connectivity index (χ3v) is 3.25. The van der Waals surface area contributed by atoms with Crippen molar-refractivity contribution in [2.75, 3.05) is 0 Å². The van der Waals surface area contributed by atoms with Gasteiger partial charge in [0.1, 0.15) is 5.82 Å². The van der Waals surface area contributed by atoms with E-state index < -0.39 is 0 Å². The van der Waals surface area contributed by atoms with Crippen molar-refractivity contribution < 1.29 is 4.39 Å². The molecule has 0 aromatic carbocycles. The van der Waals surface area contributed by atoms with Crippen LogP contribution < -0.4 is 5.32 Å². The van der Waals surface area contributed by atoms with E-state index in [1.165, 1.54) is 6.07 Å². The first-order valence-corrected chi connectivity index (χ1v) is 5.86. The molecule has 16 heavy (non-hydrogen) atoms. The Balaban J connectivity index is 1.95. The summed E-state index contributed by atoms with van der Waals surface area (Å²) in [5, 5.41) is 3.21. The van der Waals surface area contributed by atoms with Crippen LogP contribution in [0.15, 0.2) is 30.0 Å². The molecule has 2 aromatic rings. The zero-order chi connectivity index (χ0) is 11.4. The van der Waals surface area contributed by atoms with Crippen molar-refractivity contribution >= 4 is 11.3 Å². The van der Waals surface area contributed by atoms with Crippen molar-refractivity contribution in [3.05, 3.63) is 46.4 Å². The third kappa shape index (κ3) is 2.62. The van der Waals surface area contributed by atoms with Crippen molar-refractivity contribution in [2.45, 2.75) is 19.5 Å². The Labute approximate surface area is 97.4 Å². The summed E-state index contributed by atoms with van der Waals surface area (Å²) >= 11 is 1.58. The number of thiazole rings is 1. The number of hydrogen-bond donors (Lipinski definition) is 1. The number of nitrogens with one attached hydrogen (secondary N) is 1. The van der Waals surface area contributed by atoms with Crippen LogP contribution >= 0.6 is 11.3 Å². The summed E-state index contributed by atoms with van der Waals surface area (Å²) in [6.45, 7) is 2.44. The van der Waals surface area contributed by atoms with Gasteiger partial charge in [0.05, 0.1) is 11.2 Å². The average molecular weight is 237 g/mol. The number of halogens is 1. The van der Waals surface area contributed by atoms with Gasteiger partial charge in [-0.2, -0.15) is 0 Å². The maximum atomic E-state index is 13.3. The SMILES string of the molecule is CC(NCc1ncccc1F)c1cncs1. The second-order valence-electron chi connectivity index (χ2n) is 3.44. The third-order valence-electron chi connectivity index (χ3n) is 2.29. The van der Waals surface area contributed by atoms with Crippen molar-refractivity contribution in [1.82, 2.24) is 15.3 Å². The smallest absolute Gasteiger partial charge is 0.146 e. The Hall–Kier alpha value is -1.33. The molecule has 84 valence electrons. The molecule has 0 saturated carbocycles. The number of pyridine rings is 1. The predicted molar refractivity (Wildman–Crippen MR) is 61.6 cm³/mol. The monoisotopic (exact) mass is 237 g/mol. The topological polar surface area (TPSA) is 37.8 Å². The molecule has 2 rings (SSSR count). The summed E-state index contributed by atoms with van der Waals surface area (Å²) in [6.07, 6.45) is 3.41. The summed E-state index contributed by atoms with van der Waals surface area (Å²) < 4.78 is 13.3. The lowest BCUT2D eigenvalue weighted by atomic mass is 10.2. The van der Waals surface area contributed by atoms with E-state index in [1.54, 1.807) is 29.1 Å². The van der Waals surface area contributed by atoms with Gasteiger partial charge in [-0.05, 0) is 19.1 Å². The van der Waals surface area contributed by atoms with Crippen molar-refractivity contribution in [1.29, 1.82) is 0 Å². The molecule has 0 aliphatic rings. The lowest BCUT2D eigenvalue weighted by molar-refractivity contribution is 0.537. The maximum absolute atomic E-state index is 13.3. The number of rotatable bonds is 4. The molecule has 1 unspecified atom stereocenters. The molecule has 0 fully saturated rings. The molecule has 0 radical (unpaired) electrons. The van der Waals surface area contributed by atoms with Gasteiger partial charge in [0, 0.05) is 29.9 Å². The minimum atomic E-state index is -0.272. The first-order valence-electron chi connectivity index (χ1n) is 4.98. The summed E-state index contributed by atoms with van der Waals surface area (Å²) in [5.74, 6) is -0.272. The Morgan fingerprint density at radius 3 is 3.12 bits per heavy atom. The molecule has 0 spiro atoms. The van der Waals surface area contributed by atoms with Gasteiger partial charge < -0.3 is 5.32 Å². The second kappa shape index (κ2) is 5.14. The highest BCUT2D eigenvalue weighted by molar-refractivity contribution is 7.09. The van der Waals surface area contributed by atoms with E-state index in [-0.39, 0.29) is 11.9 Å². The zero-order valence-electron chi connectivity index (χ0n) is 8.85. The minimum absolute atomic E-state index is 0.161. The van der Waals surface area contributed by atoms with Gasteiger partial charge in [-0.25, -0.2) is 4.39 Å². The van der Waals surface area contributed by atoms with Gasteiger partial charge >= 0.3 is 0 Å². The Morgan fingerprint density at radius 2 is 2.44 bits per heavy atom. The summed E-state index contributed by atoms with van der Waals surface area (Å²) in [5.41, 5.74) is 2.23. The molecule has 1 atom stereocenters. The molecule has 0 amide bonds. The quantitative estimate of drug-likeness (QED) is 0.888. The first kappa shape index (κ1) is 11.2. The van der Waals surface area contributed by atoms with Crippen LogP contribution in [0.5, 0.6) is 0 Å². The summed E-state index contributed by atoms with van der Waals surface area (Å²) in [4.78, 5) is 9.12. The lowest BCUT2D eigenvalue weighted by Crippen LogP contribution is -2.18. The van der Waals surface area contributed by atoms with Crippen LogP contribution in [0.1, 0.15) is 23.5 Å². The molecule has 0 aliphatic carbocycles. The van der Waals surface area contributed by atoms with E-state index >= 15 is 0 Å². The number of nitrogens with zero attached hydrogens (tertiary/aromatic N) is 2. The Morgan fingerprint density at radius 1 is 1.56 bits per heavy atom. The highest BCUT2D eigenvalue weighted by Gasteiger charge is 2.08. The molecular formula is C11H12FN3S. The van der Waals surface area contributed by atoms with Gasteiger partial charge in [0.25, 0.3) is 0 Å². The van der Waals surface area contributed by atoms with Gasteiger partial charge in [-0.3, -0.25) is 9.97 Å². The first-order chi connectivity index (χ1) is 7.77. The van der Waals surface area contributed by atoms with Crippen molar-refractivity contribution in [2.24, 2.45) is 0 Å². The fourth-order valence-corrected chi connectivity index (χ4v) is 1.99. The molecule has 0 saturated heterocycles. The standard InChI is InChI=1S/C11H12FN3S/c1-8(11-6-13-7-16-11)15-5-10-9(12)3-2-4-14-10/h2-4,6-8,15H,5H2,1H3. The van der Waals surface area contributed by atoms with Crippen LogP contribution in [0.2, 0.25) is 0 Å². The van der Waals surface area contributed by atoms with Gasteiger partial charge in [0.15, 0.2) is 0 Å². The summed E-state index contributed by atoms with van der Waals surface area (Å²) in [6, 6.07) is 3.17. The van der Waals surface area contributed by atoms with Crippen LogP contribution in [-0.2, 0) is 6.54 Å². The van der Waals surface area contributed by atoms with E-state index in [9.17, 15) is 4.39 Å². The highest BCUT2D eigenvalue weighted by atomic mass is 32.1. The second-order valence-corrected chi connectivity index (χ2v) is 4.36. The average Bonchev–Trinajstić information content (AvgIpc) is 2.81. The molecule has 3 nitrogen and oxygen atoms in total. The fourth-order valence-electron chi connectivity index (χ4n) is 1.34. The number of aromatic nitrogens is 2. The van der Waals surface area contributed by atoms with E-state index in [4.69, 9.17) is 0 Å². The van der Waals surface area contributed by atoms with Gasteiger partial charge in [0.2, 0.25) is 0 Å². The predicted octanol–water partition coefficient (Wildman–Crippen LogP) is 2.53. The van der Waals surface area contributed by atoms with Gasteiger partial charge in [-0.1, -0.05) is 0 Å². The summed E-state index contributed by atoms with van der Waals surface area (Å²) in [7, 11) is 0. The van der Waals surface area contributed by atoms with Gasteiger partial charge in [-0.15, -0.1) is 11.3 Å². The van der Waals surface area contributed by atoms with Crippen LogP contribution in [-0.4, -0.2) is 9.97 Å². The Bertz CT molecular complexity index is 444. The zero-order valence-corrected chi connectivity index (χ0v) is 9.67. The van der Waals surface area contributed by atoms with Crippen LogP contribution in [0, 0.1) is 5.82 Å². The van der Waals surface area contributed by atoms with E-state index in [0.29, 0.717) is 12.2 Å². The molecular weight excluding hydrogens is 225 g/mol. The molecule has 2 heterocycles. The van der Waals surface area contributed by atoms with Crippen molar-refractivity contribution in [3.8, 4) is 0 Å². The van der Waals surface area contributed by atoms with Crippen LogP contribution in [0.25, 0.3) is 0 Å². The normalized spacial score (nSPS) is 12.6. The van der Waals surface area contributed by atoms with E-state index in [0.717, 1.165) is 4.88 Å². The Kier molecular flexibility index (Phi) is 3.58. The molecule has 2 aromatic heterocycles. The maximum Gasteiger partial charge on any atom is 0.146 e. The highest BCUT2D eigenvalue weighted by Crippen LogP contribution is 2.16. The van der Waals surface area contributed by atoms with Crippen LogP contribution in [0.3, 0.4) is 0 Å². The largest absolute Gasteiger partial charge is 0.304 e. The lowest BCUT2D eigenvalue weighted by Gasteiger charge is -2.11. The molecule has 0 aliphatic heterocycles.